The minimum absolute atomic E-state index is 0.976. The predicted molar refractivity (Wildman–Crippen MR) is 172 cm³/mol. The van der Waals surface area contributed by atoms with Crippen molar-refractivity contribution in [2.24, 2.45) is 0 Å². The number of hydrogen-bond donors (Lipinski definition) is 0. The van der Waals surface area contributed by atoms with Crippen molar-refractivity contribution in [1.82, 2.24) is 0 Å². The van der Waals surface area contributed by atoms with Gasteiger partial charge in [0.25, 0.3) is 0 Å². The molecule has 7 aliphatic rings. The van der Waals surface area contributed by atoms with E-state index in [9.17, 15) is 0 Å². The summed E-state index contributed by atoms with van der Waals surface area (Å²) >= 11 is -2.97. The van der Waals surface area contributed by atoms with Crippen molar-refractivity contribution < 1.29 is 0 Å². The zero-order chi connectivity index (χ0) is 24.7. The first-order chi connectivity index (χ1) is 17.6. The Labute approximate surface area is 244 Å². The molecule has 0 radical (unpaired) electrons. The Bertz CT molecular complexity index is 1050. The first kappa shape index (κ1) is 27.5. The van der Waals surface area contributed by atoms with Crippen molar-refractivity contribution in [2.45, 2.75) is 23.0 Å². The van der Waals surface area contributed by atoms with Crippen LogP contribution in [0.5, 0.6) is 0 Å². The summed E-state index contributed by atoms with van der Waals surface area (Å²) in [7, 11) is 21.3. The van der Waals surface area contributed by atoms with Crippen molar-refractivity contribution in [2.75, 3.05) is 0 Å². The van der Waals surface area contributed by atoms with Gasteiger partial charge in [-0.15, -0.1) is 0 Å². The summed E-state index contributed by atoms with van der Waals surface area (Å²) in [6.07, 6.45) is 0. The van der Waals surface area contributed by atoms with E-state index in [0.717, 1.165) is 23.0 Å². The molecule has 0 N–H and O–H groups in total. The van der Waals surface area contributed by atoms with E-state index in [-0.39, 0.29) is 0 Å². The van der Waals surface area contributed by atoms with E-state index < -0.39 is 22.8 Å². The quantitative estimate of drug-likeness (QED) is 0.167. The van der Waals surface area contributed by atoms with Crippen molar-refractivity contribution in [1.29, 1.82) is 0 Å². The van der Waals surface area contributed by atoms with E-state index in [0.29, 0.717) is 0 Å². The van der Waals surface area contributed by atoms with Crippen LogP contribution in [0.1, 0.15) is 22.3 Å². The van der Waals surface area contributed by atoms with Crippen LogP contribution in [-0.2, 0) is 23.0 Å². The second-order valence-electron chi connectivity index (χ2n) is 8.31. The maximum absolute atomic E-state index is 6.78. The summed E-state index contributed by atoms with van der Waals surface area (Å²) in [6.45, 7) is 0. The summed E-state index contributed by atoms with van der Waals surface area (Å²) in [5, 5.41) is 0. The van der Waals surface area contributed by atoms with Gasteiger partial charge in [0.1, 0.15) is 0 Å². The molecule has 0 nitrogen and oxygen atoms in total. The van der Waals surface area contributed by atoms with Gasteiger partial charge < -0.3 is 0 Å². The molecule has 184 valence electrons. The molecule has 0 aliphatic carbocycles. The van der Waals surface area contributed by atoms with Crippen molar-refractivity contribution in [3.8, 4) is 22.3 Å². The zero-order valence-electron chi connectivity index (χ0n) is 19.3. The molecule has 4 aromatic carbocycles. The van der Waals surface area contributed by atoms with Gasteiger partial charge in [-0.05, 0) is 0 Å². The second kappa shape index (κ2) is 13.9. The molecule has 0 fully saturated rings. The van der Waals surface area contributed by atoms with Crippen LogP contribution in [0, 0.1) is 0 Å². The average molecular weight is 710 g/mol. The first-order valence-corrected chi connectivity index (χ1v) is 29.3. The Morgan fingerprint density at radius 2 is 0.556 bits per heavy atom. The molecule has 11 rings (SSSR count). The van der Waals surface area contributed by atoms with Gasteiger partial charge in [0.2, 0.25) is 0 Å². The van der Waals surface area contributed by atoms with Gasteiger partial charge in [-0.3, -0.25) is 0 Å². The molecule has 4 aromatic rings. The summed E-state index contributed by atoms with van der Waals surface area (Å²) in [5.74, 6) is 3.90. The van der Waals surface area contributed by atoms with Crippen LogP contribution in [0.2, 0.25) is 0 Å². The molecule has 0 amide bonds. The standard InChI is InChI=1S/C28H24As2Cl2S4/c31-29-33-17-21-1-9-25(10-2-21)26-11-3-22(4-12-26)19-35-30(32)36-20-24-7-15-28(16-8-24)27-13-5-23(6-14-27)18-34-29/h1-16H,17-20H2. The molecule has 7 aliphatic heterocycles. The van der Waals surface area contributed by atoms with E-state index in [1.807, 2.05) is 40.1 Å². The number of rotatable bonds is 0. The minimum atomic E-state index is -1.48. The second-order valence-corrected chi connectivity index (χ2v) is 36.4. The molecule has 0 atom stereocenters. The van der Waals surface area contributed by atoms with E-state index >= 15 is 0 Å². The van der Waals surface area contributed by atoms with Crippen molar-refractivity contribution >= 4 is 82.8 Å². The van der Waals surface area contributed by atoms with Gasteiger partial charge in [-0.2, -0.15) is 0 Å². The Hall–Kier alpha value is -0.0231. The zero-order valence-corrected chi connectivity index (χ0v) is 27.9. The van der Waals surface area contributed by atoms with Gasteiger partial charge >= 0.3 is 247 Å². The summed E-state index contributed by atoms with van der Waals surface area (Å²) < 4.78 is 0. The van der Waals surface area contributed by atoms with Gasteiger partial charge in [0.05, 0.1) is 0 Å². The molecule has 7 heterocycles. The van der Waals surface area contributed by atoms with E-state index in [1.165, 1.54) is 44.5 Å². The Morgan fingerprint density at radius 3 is 0.750 bits per heavy atom. The SMILES string of the molecule is Cl[As]1SCc2ccc(cc2)-c2ccc(cc2)CS[As](Cl)SCc2ccc(cc2)-c2ccc(cc2)CS1. The predicted octanol–water partition coefficient (Wildman–Crippen LogP) is 10.1. The van der Waals surface area contributed by atoms with E-state index in [1.54, 1.807) is 0 Å². The molecular weight excluding hydrogens is 685 g/mol. The monoisotopic (exact) mass is 708 g/mol. The van der Waals surface area contributed by atoms with Crippen molar-refractivity contribution in [3.63, 3.8) is 0 Å². The Balaban J connectivity index is 1.32. The Morgan fingerprint density at radius 1 is 0.361 bits per heavy atom. The Kier molecular flexibility index (Phi) is 10.6. The number of halogens is 2. The van der Waals surface area contributed by atoms with Gasteiger partial charge in [0.15, 0.2) is 0 Å². The van der Waals surface area contributed by atoms with Crippen LogP contribution >= 0.6 is 60.0 Å². The molecule has 8 heteroatoms. The molecule has 0 saturated heterocycles. The summed E-state index contributed by atoms with van der Waals surface area (Å²) in [5.41, 5.74) is 10.4. The van der Waals surface area contributed by atoms with Crippen LogP contribution < -0.4 is 0 Å². The third-order valence-electron chi connectivity index (χ3n) is 5.81. The maximum atomic E-state index is 6.78. The fourth-order valence-electron chi connectivity index (χ4n) is 3.75. The van der Waals surface area contributed by atoms with Gasteiger partial charge in [0, 0.05) is 0 Å². The van der Waals surface area contributed by atoms with E-state index in [2.05, 4.69) is 97.1 Å². The fourth-order valence-corrected chi connectivity index (χ4v) is 21.6. The fraction of sp³-hybridized carbons (Fsp3) is 0.143. The van der Waals surface area contributed by atoms with Crippen LogP contribution in [0.15, 0.2) is 97.1 Å². The van der Waals surface area contributed by atoms with Crippen LogP contribution in [0.25, 0.3) is 22.3 Å². The third kappa shape index (κ3) is 8.00. The first-order valence-electron chi connectivity index (χ1n) is 11.4. The molecule has 0 spiro atoms. The van der Waals surface area contributed by atoms with Crippen LogP contribution in [-0.4, -0.2) is 22.8 Å². The molecule has 0 unspecified atom stereocenters. The normalized spacial score (nSPS) is 19.1. The van der Waals surface area contributed by atoms with Crippen molar-refractivity contribution in [3.05, 3.63) is 119 Å². The number of benzene rings is 4. The molecule has 0 aromatic heterocycles. The number of hydrogen-bond acceptors (Lipinski definition) is 4. The molecular formula is C28H24As2Cl2S4. The molecule has 36 heavy (non-hydrogen) atoms. The van der Waals surface area contributed by atoms with Crippen LogP contribution in [0.3, 0.4) is 0 Å². The summed E-state index contributed by atoms with van der Waals surface area (Å²) in [6, 6.07) is 35.8. The molecule has 0 saturated carbocycles. The topological polar surface area (TPSA) is 0 Å². The van der Waals surface area contributed by atoms with Gasteiger partial charge in [-0.1, -0.05) is 0 Å². The molecule has 8 bridgehead atoms. The average Bonchev–Trinajstić information content (AvgIpc) is 2.93. The third-order valence-corrected chi connectivity index (χ3v) is 29.5. The van der Waals surface area contributed by atoms with Crippen LogP contribution in [0.4, 0.5) is 0 Å². The van der Waals surface area contributed by atoms with E-state index in [4.69, 9.17) is 19.9 Å². The van der Waals surface area contributed by atoms with Gasteiger partial charge in [-0.25, -0.2) is 0 Å². The summed E-state index contributed by atoms with van der Waals surface area (Å²) in [4.78, 5) is 0.